The number of rotatable bonds is 6. The zero-order valence-electron chi connectivity index (χ0n) is 22.9. The van der Waals surface area contributed by atoms with Crippen molar-refractivity contribution in [1.29, 1.82) is 0 Å². The third-order valence-corrected chi connectivity index (χ3v) is 8.42. The summed E-state index contributed by atoms with van der Waals surface area (Å²) < 4.78 is 52.9. The Morgan fingerprint density at radius 3 is 2.65 bits per heavy atom. The van der Waals surface area contributed by atoms with Gasteiger partial charge >= 0.3 is 11.9 Å². The van der Waals surface area contributed by atoms with Crippen molar-refractivity contribution in [3.8, 4) is 5.69 Å². The van der Waals surface area contributed by atoms with Crippen LogP contribution >= 0.6 is 0 Å². The highest BCUT2D eigenvalue weighted by atomic mass is 19.4. The molecule has 1 aliphatic carbocycles. The second-order valence-electron chi connectivity index (χ2n) is 11.3. The zero-order chi connectivity index (χ0) is 28.2. The van der Waals surface area contributed by atoms with Crippen molar-refractivity contribution in [2.45, 2.75) is 57.3 Å². The average molecular weight is 555 g/mol. The van der Waals surface area contributed by atoms with E-state index in [-0.39, 0.29) is 17.0 Å². The van der Waals surface area contributed by atoms with Crippen LogP contribution in [0.2, 0.25) is 0 Å². The minimum atomic E-state index is -4.62. The van der Waals surface area contributed by atoms with Crippen molar-refractivity contribution < 1.29 is 17.9 Å². The summed E-state index contributed by atoms with van der Waals surface area (Å²) in [6.07, 6.45) is 2.53. The van der Waals surface area contributed by atoms with Gasteiger partial charge in [0.05, 0.1) is 34.9 Å². The quantitative estimate of drug-likeness (QED) is 0.350. The van der Waals surface area contributed by atoms with E-state index >= 15 is 0 Å². The Hall–Kier alpha value is -3.44. The third-order valence-electron chi connectivity index (χ3n) is 8.42. The number of benzene rings is 1. The molecule has 1 aliphatic heterocycles. The molecular formula is C29H33F3N6O2. The number of imidazole rings is 1. The Labute approximate surface area is 230 Å². The molecule has 0 bridgehead atoms. The SMILES string of the molecule is CC[C@H]1CN(Cc2cc(C(F)(F)F)c3cn(-c4cccc(C5(c6nncn6C)CC(C)C5)c4)c(=O)n3c2)CCO1. The van der Waals surface area contributed by atoms with Crippen LogP contribution in [-0.2, 0) is 29.9 Å². The fraction of sp³-hybridized carbons (Fsp3) is 0.483. The fourth-order valence-electron chi connectivity index (χ4n) is 6.52. The van der Waals surface area contributed by atoms with Gasteiger partial charge in [-0.05, 0) is 54.5 Å². The highest BCUT2D eigenvalue weighted by Gasteiger charge is 2.48. The first kappa shape index (κ1) is 26.8. The van der Waals surface area contributed by atoms with Crippen LogP contribution in [0.1, 0.15) is 55.6 Å². The van der Waals surface area contributed by atoms with Crippen molar-refractivity contribution in [3.05, 3.63) is 82.1 Å². The topological polar surface area (TPSA) is 69.6 Å². The van der Waals surface area contributed by atoms with Gasteiger partial charge in [-0.15, -0.1) is 10.2 Å². The molecule has 0 N–H and O–H groups in total. The molecular weight excluding hydrogens is 521 g/mol. The Balaban J connectivity index is 1.42. The number of morpholine rings is 1. The molecule has 0 radical (unpaired) electrons. The summed E-state index contributed by atoms with van der Waals surface area (Å²) in [4.78, 5) is 15.7. The van der Waals surface area contributed by atoms with Gasteiger partial charge in [0.1, 0.15) is 12.2 Å². The molecule has 2 fully saturated rings. The first-order chi connectivity index (χ1) is 19.1. The van der Waals surface area contributed by atoms with Gasteiger partial charge in [0.25, 0.3) is 0 Å². The maximum atomic E-state index is 14.3. The van der Waals surface area contributed by atoms with E-state index in [9.17, 15) is 18.0 Å². The molecule has 0 amide bonds. The molecule has 8 nitrogen and oxygen atoms in total. The van der Waals surface area contributed by atoms with Gasteiger partial charge in [0.2, 0.25) is 0 Å². The molecule has 3 aromatic heterocycles. The number of fused-ring (bicyclic) bond motifs is 1. The first-order valence-electron chi connectivity index (χ1n) is 13.7. The third kappa shape index (κ3) is 4.54. The predicted molar refractivity (Wildman–Crippen MR) is 143 cm³/mol. The summed E-state index contributed by atoms with van der Waals surface area (Å²) in [6.45, 7) is 6.33. The van der Waals surface area contributed by atoms with Gasteiger partial charge in [-0.25, -0.2) is 4.79 Å². The summed E-state index contributed by atoms with van der Waals surface area (Å²) in [7, 11) is 1.91. The van der Waals surface area contributed by atoms with Crippen LogP contribution in [0.4, 0.5) is 13.2 Å². The molecule has 0 unspecified atom stereocenters. The summed E-state index contributed by atoms with van der Waals surface area (Å²) in [5.41, 5.74) is 0.0396. The first-order valence-corrected chi connectivity index (χ1v) is 13.7. The number of alkyl halides is 3. The maximum absolute atomic E-state index is 14.3. The van der Waals surface area contributed by atoms with Crippen LogP contribution in [0.25, 0.3) is 11.2 Å². The molecule has 1 saturated carbocycles. The number of ether oxygens (including phenoxy) is 1. The minimum Gasteiger partial charge on any atom is -0.376 e. The van der Waals surface area contributed by atoms with Crippen molar-refractivity contribution >= 4 is 5.52 Å². The second kappa shape index (κ2) is 9.88. The number of aromatic nitrogens is 5. The Bertz CT molecular complexity index is 1600. The number of aryl methyl sites for hydroxylation is 1. The summed E-state index contributed by atoms with van der Waals surface area (Å²) in [6, 6.07) is 8.66. The lowest BCUT2D eigenvalue weighted by Gasteiger charge is -2.46. The smallest absolute Gasteiger partial charge is 0.376 e. The largest absolute Gasteiger partial charge is 0.418 e. The van der Waals surface area contributed by atoms with E-state index < -0.39 is 17.4 Å². The minimum absolute atomic E-state index is 0.0548. The molecule has 6 rings (SSSR count). The van der Waals surface area contributed by atoms with Gasteiger partial charge in [-0.1, -0.05) is 26.0 Å². The Kier molecular flexibility index (Phi) is 6.61. The van der Waals surface area contributed by atoms with Gasteiger partial charge in [0.15, 0.2) is 0 Å². The highest BCUT2D eigenvalue weighted by Crippen LogP contribution is 2.51. The van der Waals surface area contributed by atoms with Crippen molar-refractivity contribution in [2.75, 3.05) is 19.7 Å². The molecule has 1 saturated heterocycles. The van der Waals surface area contributed by atoms with Crippen molar-refractivity contribution in [1.82, 2.24) is 28.6 Å². The van der Waals surface area contributed by atoms with Gasteiger partial charge in [-0.2, -0.15) is 13.2 Å². The highest BCUT2D eigenvalue weighted by molar-refractivity contribution is 5.58. The molecule has 4 aromatic rings. The Morgan fingerprint density at radius 2 is 1.98 bits per heavy atom. The van der Waals surface area contributed by atoms with E-state index in [1.165, 1.54) is 16.8 Å². The second-order valence-corrected chi connectivity index (χ2v) is 11.3. The Morgan fingerprint density at radius 1 is 1.18 bits per heavy atom. The molecule has 11 heteroatoms. The number of halogens is 3. The normalized spacial score (nSPS) is 23.9. The number of hydrogen-bond acceptors (Lipinski definition) is 5. The number of hydrogen-bond donors (Lipinski definition) is 0. The summed E-state index contributed by atoms with van der Waals surface area (Å²) >= 11 is 0. The van der Waals surface area contributed by atoms with Gasteiger partial charge < -0.3 is 9.30 Å². The summed E-state index contributed by atoms with van der Waals surface area (Å²) in [5.74, 6) is 1.33. The molecule has 212 valence electrons. The molecule has 1 atom stereocenters. The van der Waals surface area contributed by atoms with E-state index in [2.05, 4.69) is 22.0 Å². The van der Waals surface area contributed by atoms with E-state index in [1.807, 2.05) is 36.7 Å². The number of pyridine rings is 1. The van der Waals surface area contributed by atoms with E-state index in [4.69, 9.17) is 4.74 Å². The van der Waals surface area contributed by atoms with Crippen LogP contribution in [0.3, 0.4) is 0 Å². The molecule has 4 heterocycles. The average Bonchev–Trinajstić information content (AvgIpc) is 3.49. The fourth-order valence-corrected chi connectivity index (χ4v) is 6.52. The predicted octanol–water partition coefficient (Wildman–Crippen LogP) is 4.56. The molecule has 2 aliphatic rings. The van der Waals surface area contributed by atoms with E-state index in [0.717, 1.165) is 35.1 Å². The number of nitrogens with zero attached hydrogens (tertiary/aromatic N) is 6. The van der Waals surface area contributed by atoms with E-state index in [0.29, 0.717) is 43.4 Å². The van der Waals surface area contributed by atoms with Gasteiger partial charge in [-0.3, -0.25) is 13.9 Å². The van der Waals surface area contributed by atoms with E-state index in [1.54, 1.807) is 18.6 Å². The lowest BCUT2D eigenvalue weighted by atomic mass is 9.58. The van der Waals surface area contributed by atoms with Crippen LogP contribution in [0.15, 0.2) is 53.8 Å². The van der Waals surface area contributed by atoms with Crippen LogP contribution in [0.5, 0.6) is 0 Å². The lowest BCUT2D eigenvalue weighted by molar-refractivity contribution is -0.136. The summed E-state index contributed by atoms with van der Waals surface area (Å²) in [5, 5.41) is 8.46. The molecule has 1 aromatic carbocycles. The van der Waals surface area contributed by atoms with Crippen LogP contribution < -0.4 is 5.69 Å². The van der Waals surface area contributed by atoms with Crippen molar-refractivity contribution in [2.24, 2.45) is 13.0 Å². The molecule has 40 heavy (non-hydrogen) atoms. The zero-order valence-corrected chi connectivity index (χ0v) is 22.9. The maximum Gasteiger partial charge on any atom is 0.418 e. The lowest BCUT2D eigenvalue weighted by Crippen LogP contribution is -2.43. The van der Waals surface area contributed by atoms with Crippen LogP contribution in [-0.4, -0.2) is 54.4 Å². The van der Waals surface area contributed by atoms with Gasteiger partial charge in [0, 0.05) is 39.1 Å². The monoisotopic (exact) mass is 554 g/mol. The van der Waals surface area contributed by atoms with Crippen molar-refractivity contribution in [3.63, 3.8) is 0 Å². The van der Waals surface area contributed by atoms with Crippen LogP contribution in [0, 0.1) is 5.92 Å². The standard InChI is InChI=1S/C29H33F3N6O2/c1-4-23-16-36(8-9-40-23)14-20-10-24(29(30,31)32)25-17-37(27(39)38(25)15-20)22-7-5-6-21(11-22)28(12-19(2)13-28)26-34-33-18-35(26)3/h5-7,10-11,15,17-19,23H,4,8-9,12-14,16H2,1-3H3/t19?,23-,28?/m0/s1. The molecule has 0 spiro atoms.